The van der Waals surface area contributed by atoms with Crippen molar-refractivity contribution in [1.82, 2.24) is 0 Å². The van der Waals surface area contributed by atoms with Crippen LogP contribution in [0.2, 0.25) is 0 Å². The summed E-state index contributed by atoms with van der Waals surface area (Å²) in [7, 11) is -3.57. The van der Waals surface area contributed by atoms with Crippen LogP contribution in [0.4, 0.5) is 0 Å². The second-order valence-corrected chi connectivity index (χ2v) is 9.21. The van der Waals surface area contributed by atoms with Crippen molar-refractivity contribution in [3.05, 3.63) is 65.2 Å². The second kappa shape index (κ2) is 8.69. The molecule has 0 amide bonds. The highest BCUT2D eigenvalue weighted by atomic mass is 32.2. The van der Waals surface area contributed by atoms with Gasteiger partial charge in [-0.25, -0.2) is 13.2 Å². The molecule has 0 atom stereocenters. The van der Waals surface area contributed by atoms with Crippen LogP contribution < -0.4 is 0 Å². The predicted octanol–water partition coefficient (Wildman–Crippen LogP) is 4.18. The van der Waals surface area contributed by atoms with Crippen molar-refractivity contribution in [2.75, 3.05) is 12.9 Å². The van der Waals surface area contributed by atoms with Crippen LogP contribution in [0.25, 0.3) is 0 Å². The molecule has 5 nitrogen and oxygen atoms in total. The molecule has 0 aromatic heterocycles. The van der Waals surface area contributed by atoms with Crippen molar-refractivity contribution in [2.45, 2.75) is 42.9 Å². The Balaban J connectivity index is 1.63. The summed E-state index contributed by atoms with van der Waals surface area (Å²) in [5.41, 5.74) is 1.66. The van der Waals surface area contributed by atoms with E-state index in [-0.39, 0.29) is 16.2 Å². The highest BCUT2D eigenvalue weighted by Gasteiger charge is 2.21. The summed E-state index contributed by atoms with van der Waals surface area (Å²) in [6.45, 7) is -0.431. The van der Waals surface area contributed by atoms with Crippen LogP contribution >= 0.6 is 0 Å². The van der Waals surface area contributed by atoms with E-state index in [1.165, 1.54) is 55.9 Å². The first-order valence-electron chi connectivity index (χ1n) is 9.45. The van der Waals surface area contributed by atoms with Crippen molar-refractivity contribution < 1.29 is 22.7 Å². The molecule has 6 heteroatoms. The summed E-state index contributed by atoms with van der Waals surface area (Å²) < 4.78 is 28.7. The summed E-state index contributed by atoms with van der Waals surface area (Å²) in [5.74, 6) is -0.586. The maximum absolute atomic E-state index is 12.4. The normalized spacial score (nSPS) is 15.2. The number of carbonyl (C=O) groups is 2. The summed E-state index contributed by atoms with van der Waals surface area (Å²) in [4.78, 5) is 24.5. The molecule has 0 heterocycles. The van der Waals surface area contributed by atoms with Gasteiger partial charge in [0.25, 0.3) is 0 Å². The number of esters is 1. The fourth-order valence-electron chi connectivity index (χ4n) is 3.63. The Morgan fingerprint density at radius 2 is 1.61 bits per heavy atom. The minimum Gasteiger partial charge on any atom is -0.454 e. The smallest absolute Gasteiger partial charge is 0.339 e. The Bertz CT molecular complexity index is 955. The Morgan fingerprint density at radius 3 is 2.25 bits per heavy atom. The number of hydrogen-bond acceptors (Lipinski definition) is 5. The van der Waals surface area contributed by atoms with Gasteiger partial charge in [0.05, 0.1) is 10.5 Å². The molecule has 0 N–H and O–H groups in total. The van der Waals surface area contributed by atoms with Gasteiger partial charge < -0.3 is 4.74 Å². The number of ether oxygens (including phenoxy) is 1. The molecule has 0 spiro atoms. The molecule has 1 saturated carbocycles. The first-order valence-corrected chi connectivity index (χ1v) is 11.3. The van der Waals surface area contributed by atoms with Crippen LogP contribution in [-0.4, -0.2) is 33.0 Å². The van der Waals surface area contributed by atoms with Gasteiger partial charge >= 0.3 is 5.97 Å². The molecule has 0 saturated heterocycles. The van der Waals surface area contributed by atoms with E-state index < -0.39 is 22.4 Å². The SMILES string of the molecule is CS(=O)(=O)c1ccccc1C(=O)OCC(=O)c1ccc(C2CCCCC2)cc1. The first kappa shape index (κ1) is 20.3. The number of sulfone groups is 1. The molecular formula is C22H24O5S. The lowest BCUT2D eigenvalue weighted by Gasteiger charge is -2.22. The summed E-state index contributed by atoms with van der Waals surface area (Å²) in [6, 6.07) is 13.3. The molecule has 1 aliphatic rings. The number of ketones is 1. The van der Waals surface area contributed by atoms with Crippen molar-refractivity contribution in [2.24, 2.45) is 0 Å². The van der Waals surface area contributed by atoms with Crippen LogP contribution in [-0.2, 0) is 14.6 Å². The average molecular weight is 400 g/mol. The molecule has 3 rings (SSSR count). The Labute approximate surface area is 165 Å². The van der Waals surface area contributed by atoms with Crippen molar-refractivity contribution in [3.63, 3.8) is 0 Å². The standard InChI is InChI=1S/C22H24O5S/c1-28(25,26)21-10-6-5-9-19(21)22(24)27-15-20(23)18-13-11-17(12-14-18)16-7-3-2-4-8-16/h5-6,9-14,16H,2-4,7-8,15H2,1H3. The van der Waals surface area contributed by atoms with E-state index in [2.05, 4.69) is 0 Å². The minimum atomic E-state index is -3.57. The van der Waals surface area contributed by atoms with Crippen LogP contribution in [0.1, 0.15) is 64.3 Å². The summed E-state index contributed by atoms with van der Waals surface area (Å²) >= 11 is 0. The van der Waals surface area contributed by atoms with Crippen LogP contribution in [0.3, 0.4) is 0 Å². The van der Waals surface area contributed by atoms with Gasteiger partial charge in [0.15, 0.2) is 22.2 Å². The Kier molecular flexibility index (Phi) is 6.29. The van der Waals surface area contributed by atoms with Gasteiger partial charge in [-0.15, -0.1) is 0 Å². The third-order valence-corrected chi connectivity index (χ3v) is 6.30. The van der Waals surface area contributed by atoms with E-state index in [9.17, 15) is 18.0 Å². The number of Topliss-reactive ketones (excluding diaryl/α,β-unsaturated/α-hetero) is 1. The fraction of sp³-hybridized carbons (Fsp3) is 0.364. The molecule has 0 bridgehead atoms. The molecule has 1 fully saturated rings. The van der Waals surface area contributed by atoms with E-state index in [1.807, 2.05) is 12.1 Å². The van der Waals surface area contributed by atoms with Gasteiger partial charge in [-0.1, -0.05) is 55.7 Å². The molecule has 28 heavy (non-hydrogen) atoms. The third-order valence-electron chi connectivity index (χ3n) is 5.15. The van der Waals surface area contributed by atoms with Crippen molar-refractivity contribution in [3.8, 4) is 0 Å². The molecule has 1 aliphatic carbocycles. The zero-order valence-corrected chi connectivity index (χ0v) is 16.7. The number of rotatable bonds is 6. The van der Waals surface area contributed by atoms with Crippen LogP contribution in [0, 0.1) is 0 Å². The zero-order valence-electron chi connectivity index (χ0n) is 15.9. The van der Waals surface area contributed by atoms with E-state index in [4.69, 9.17) is 4.74 Å². The van der Waals surface area contributed by atoms with E-state index in [0.717, 1.165) is 6.26 Å². The minimum absolute atomic E-state index is 0.0644. The second-order valence-electron chi connectivity index (χ2n) is 7.22. The third kappa shape index (κ3) is 4.87. The molecule has 2 aromatic carbocycles. The van der Waals surface area contributed by atoms with Crippen molar-refractivity contribution in [1.29, 1.82) is 0 Å². The highest BCUT2D eigenvalue weighted by Crippen LogP contribution is 2.32. The molecule has 0 radical (unpaired) electrons. The summed E-state index contributed by atoms with van der Waals surface area (Å²) in [5, 5.41) is 0. The molecular weight excluding hydrogens is 376 g/mol. The lowest BCUT2D eigenvalue weighted by molar-refractivity contribution is 0.0471. The molecule has 0 aliphatic heterocycles. The maximum Gasteiger partial charge on any atom is 0.339 e. The Hall–Kier alpha value is -2.47. The largest absolute Gasteiger partial charge is 0.454 e. The fourth-order valence-corrected chi connectivity index (χ4v) is 4.50. The van der Waals surface area contributed by atoms with Crippen LogP contribution in [0.5, 0.6) is 0 Å². The Morgan fingerprint density at radius 1 is 0.964 bits per heavy atom. The van der Waals surface area contributed by atoms with Gasteiger partial charge in [0.1, 0.15) is 0 Å². The maximum atomic E-state index is 12.4. The van der Waals surface area contributed by atoms with Gasteiger partial charge in [-0.3, -0.25) is 4.79 Å². The average Bonchev–Trinajstić information content (AvgIpc) is 2.72. The van der Waals surface area contributed by atoms with Gasteiger partial charge in [0.2, 0.25) is 0 Å². The lowest BCUT2D eigenvalue weighted by Crippen LogP contribution is -2.16. The van der Waals surface area contributed by atoms with Crippen molar-refractivity contribution >= 4 is 21.6 Å². The topological polar surface area (TPSA) is 77.5 Å². The monoisotopic (exact) mass is 400 g/mol. The van der Waals surface area contributed by atoms with Gasteiger partial charge in [-0.05, 0) is 36.5 Å². The molecule has 2 aromatic rings. The van der Waals surface area contributed by atoms with E-state index in [1.54, 1.807) is 18.2 Å². The number of benzene rings is 2. The first-order chi connectivity index (χ1) is 13.4. The summed E-state index contributed by atoms with van der Waals surface area (Å²) in [6.07, 6.45) is 7.18. The zero-order chi connectivity index (χ0) is 20.1. The highest BCUT2D eigenvalue weighted by molar-refractivity contribution is 7.90. The van der Waals surface area contributed by atoms with E-state index in [0.29, 0.717) is 11.5 Å². The van der Waals surface area contributed by atoms with Crippen LogP contribution in [0.15, 0.2) is 53.4 Å². The molecule has 0 unspecified atom stereocenters. The van der Waals surface area contributed by atoms with Gasteiger partial charge in [-0.2, -0.15) is 0 Å². The molecule has 148 valence electrons. The quantitative estimate of drug-likeness (QED) is 0.537. The van der Waals surface area contributed by atoms with Gasteiger partial charge in [0, 0.05) is 11.8 Å². The van der Waals surface area contributed by atoms with E-state index >= 15 is 0 Å². The lowest BCUT2D eigenvalue weighted by atomic mass is 9.84. The number of hydrogen-bond donors (Lipinski definition) is 0. The number of carbonyl (C=O) groups excluding carboxylic acids is 2. The predicted molar refractivity (Wildman–Crippen MR) is 106 cm³/mol.